The van der Waals surface area contributed by atoms with Gasteiger partial charge in [-0.15, -0.1) is 0 Å². The zero-order chi connectivity index (χ0) is 12.5. The largest absolute Gasteiger partial charge is 0.495 e. The number of nitrogens with one attached hydrogen (secondary N) is 2. The predicted molar refractivity (Wildman–Crippen MR) is 74.8 cm³/mol. The molecule has 0 amide bonds. The fourth-order valence-corrected chi connectivity index (χ4v) is 2.64. The Morgan fingerprint density at radius 2 is 2.24 bits per heavy atom. The molecule has 94 valence electrons. The van der Waals surface area contributed by atoms with E-state index in [1.807, 2.05) is 12.1 Å². The third kappa shape index (κ3) is 3.13. The minimum Gasteiger partial charge on any atom is -0.495 e. The number of halogens is 1. The van der Waals surface area contributed by atoms with Gasteiger partial charge in [0.1, 0.15) is 5.75 Å². The minimum atomic E-state index is 0.219. The van der Waals surface area contributed by atoms with Gasteiger partial charge in [0.15, 0.2) is 0 Å². The van der Waals surface area contributed by atoms with Crippen LogP contribution in [-0.4, -0.2) is 25.2 Å². The van der Waals surface area contributed by atoms with Crippen molar-refractivity contribution in [2.45, 2.75) is 31.8 Å². The Morgan fingerprint density at radius 3 is 2.82 bits per heavy atom. The van der Waals surface area contributed by atoms with E-state index in [-0.39, 0.29) is 5.54 Å². The molecule has 0 aliphatic carbocycles. The lowest BCUT2D eigenvalue weighted by molar-refractivity contribution is 0.415. The zero-order valence-electron chi connectivity index (χ0n) is 10.5. The van der Waals surface area contributed by atoms with Crippen LogP contribution in [0.15, 0.2) is 22.7 Å². The molecule has 1 aromatic rings. The maximum Gasteiger partial charge on any atom is 0.142 e. The monoisotopic (exact) mass is 298 g/mol. The summed E-state index contributed by atoms with van der Waals surface area (Å²) in [6, 6.07) is 6.47. The van der Waals surface area contributed by atoms with E-state index in [1.165, 1.54) is 0 Å². The molecule has 1 unspecified atom stereocenters. The smallest absolute Gasteiger partial charge is 0.142 e. The average Bonchev–Trinajstić information content (AvgIpc) is 2.58. The molecule has 1 saturated heterocycles. The molecule has 1 aliphatic heterocycles. The Labute approximate surface area is 111 Å². The Morgan fingerprint density at radius 1 is 1.47 bits per heavy atom. The van der Waals surface area contributed by atoms with E-state index in [1.54, 1.807) is 7.11 Å². The van der Waals surface area contributed by atoms with Gasteiger partial charge in [-0.05, 0) is 38.5 Å². The fraction of sp³-hybridized carbons (Fsp3) is 0.538. The highest BCUT2D eigenvalue weighted by molar-refractivity contribution is 9.10. The van der Waals surface area contributed by atoms with Gasteiger partial charge < -0.3 is 15.4 Å². The number of hydrogen-bond donors (Lipinski definition) is 2. The topological polar surface area (TPSA) is 33.3 Å². The molecule has 2 rings (SSSR count). The summed E-state index contributed by atoms with van der Waals surface area (Å²) in [6.45, 7) is 5.45. The molecule has 17 heavy (non-hydrogen) atoms. The molecule has 1 aromatic carbocycles. The summed E-state index contributed by atoms with van der Waals surface area (Å²) in [6.07, 6.45) is 1.11. The minimum absolute atomic E-state index is 0.219. The molecule has 1 atom stereocenters. The van der Waals surface area contributed by atoms with Gasteiger partial charge in [0, 0.05) is 22.6 Å². The van der Waals surface area contributed by atoms with Crippen LogP contribution in [0, 0.1) is 0 Å². The Kier molecular flexibility index (Phi) is 3.64. The van der Waals surface area contributed by atoms with Crippen LogP contribution in [0.5, 0.6) is 5.75 Å². The van der Waals surface area contributed by atoms with Crippen LogP contribution in [0.4, 0.5) is 5.69 Å². The molecule has 3 nitrogen and oxygen atoms in total. The molecule has 2 N–H and O–H groups in total. The molecule has 0 aromatic heterocycles. The summed E-state index contributed by atoms with van der Waals surface area (Å²) in [5, 5.41) is 7.04. The maximum absolute atomic E-state index is 5.36. The van der Waals surface area contributed by atoms with Gasteiger partial charge in [0.05, 0.1) is 12.8 Å². The Balaban J connectivity index is 2.11. The normalized spacial score (nSPS) is 22.5. The van der Waals surface area contributed by atoms with E-state index in [2.05, 4.69) is 46.5 Å². The fourth-order valence-electron chi connectivity index (χ4n) is 2.27. The maximum atomic E-state index is 5.36. The van der Waals surface area contributed by atoms with Crippen molar-refractivity contribution in [2.24, 2.45) is 0 Å². The molecular formula is C13H19BrN2O. The van der Waals surface area contributed by atoms with Gasteiger partial charge in [0.25, 0.3) is 0 Å². The lowest BCUT2D eigenvalue weighted by atomic mass is 10.0. The highest BCUT2D eigenvalue weighted by atomic mass is 79.9. The molecule has 0 bridgehead atoms. The zero-order valence-corrected chi connectivity index (χ0v) is 12.1. The summed E-state index contributed by atoms with van der Waals surface area (Å²) < 4.78 is 6.42. The van der Waals surface area contributed by atoms with Crippen molar-refractivity contribution in [3.63, 3.8) is 0 Å². The van der Waals surface area contributed by atoms with Crippen molar-refractivity contribution in [2.75, 3.05) is 19.0 Å². The lowest BCUT2D eigenvalue weighted by Crippen LogP contribution is -2.31. The van der Waals surface area contributed by atoms with Crippen molar-refractivity contribution in [3.8, 4) is 5.75 Å². The quantitative estimate of drug-likeness (QED) is 0.900. The van der Waals surface area contributed by atoms with E-state index in [0.29, 0.717) is 6.04 Å². The summed E-state index contributed by atoms with van der Waals surface area (Å²) in [5.41, 5.74) is 1.27. The van der Waals surface area contributed by atoms with Crippen LogP contribution in [0.25, 0.3) is 0 Å². The SMILES string of the molecule is COc1ccc(Br)cc1NC1CNC(C)(C)C1. The van der Waals surface area contributed by atoms with Crippen LogP contribution in [0.2, 0.25) is 0 Å². The van der Waals surface area contributed by atoms with E-state index in [0.717, 1.165) is 28.9 Å². The first-order valence-corrected chi connectivity index (χ1v) is 6.64. The second-order valence-corrected chi connectivity index (χ2v) is 6.07. The van der Waals surface area contributed by atoms with E-state index < -0.39 is 0 Å². The van der Waals surface area contributed by atoms with E-state index in [9.17, 15) is 0 Å². The Hall–Kier alpha value is -0.740. The third-order valence-corrected chi connectivity index (χ3v) is 3.60. The summed E-state index contributed by atoms with van der Waals surface area (Å²) in [5.74, 6) is 0.887. The molecule has 1 heterocycles. The summed E-state index contributed by atoms with van der Waals surface area (Å²) in [4.78, 5) is 0. The molecule has 0 spiro atoms. The van der Waals surface area contributed by atoms with Crippen LogP contribution < -0.4 is 15.4 Å². The highest BCUT2D eigenvalue weighted by Gasteiger charge is 2.30. The van der Waals surface area contributed by atoms with Crippen molar-refractivity contribution in [3.05, 3.63) is 22.7 Å². The number of benzene rings is 1. The first-order chi connectivity index (χ1) is 8.00. The number of ether oxygens (including phenoxy) is 1. The number of methoxy groups -OCH3 is 1. The molecular weight excluding hydrogens is 280 g/mol. The van der Waals surface area contributed by atoms with Crippen LogP contribution >= 0.6 is 15.9 Å². The molecule has 1 aliphatic rings. The van der Waals surface area contributed by atoms with Gasteiger partial charge in [0.2, 0.25) is 0 Å². The number of anilines is 1. The molecule has 0 radical (unpaired) electrons. The standard InChI is InChI=1S/C13H19BrN2O/c1-13(2)7-10(8-15-13)16-11-6-9(14)4-5-12(11)17-3/h4-6,10,15-16H,7-8H2,1-3H3. The van der Waals surface area contributed by atoms with Crippen molar-refractivity contribution >= 4 is 21.6 Å². The summed E-state index contributed by atoms with van der Waals surface area (Å²) >= 11 is 3.49. The Bertz CT molecular complexity index is 406. The molecule has 0 saturated carbocycles. The highest BCUT2D eigenvalue weighted by Crippen LogP contribution is 2.30. The first-order valence-electron chi connectivity index (χ1n) is 5.85. The van der Waals surface area contributed by atoms with Crippen molar-refractivity contribution in [1.82, 2.24) is 5.32 Å². The van der Waals surface area contributed by atoms with Gasteiger partial charge in [-0.2, -0.15) is 0 Å². The van der Waals surface area contributed by atoms with Gasteiger partial charge in [-0.3, -0.25) is 0 Å². The second kappa shape index (κ2) is 4.86. The first kappa shape index (κ1) is 12.7. The lowest BCUT2D eigenvalue weighted by Gasteiger charge is -2.19. The second-order valence-electron chi connectivity index (χ2n) is 5.15. The van der Waals surface area contributed by atoms with Crippen LogP contribution in [-0.2, 0) is 0 Å². The molecule has 4 heteroatoms. The van der Waals surface area contributed by atoms with Crippen molar-refractivity contribution in [1.29, 1.82) is 0 Å². The van der Waals surface area contributed by atoms with E-state index in [4.69, 9.17) is 4.74 Å². The van der Waals surface area contributed by atoms with Crippen LogP contribution in [0.3, 0.4) is 0 Å². The predicted octanol–water partition coefficient (Wildman–Crippen LogP) is 3.01. The van der Waals surface area contributed by atoms with E-state index >= 15 is 0 Å². The van der Waals surface area contributed by atoms with Gasteiger partial charge >= 0.3 is 0 Å². The van der Waals surface area contributed by atoms with Crippen molar-refractivity contribution < 1.29 is 4.74 Å². The van der Waals surface area contributed by atoms with Gasteiger partial charge in [-0.1, -0.05) is 15.9 Å². The summed E-state index contributed by atoms with van der Waals surface area (Å²) in [7, 11) is 1.70. The molecule has 1 fully saturated rings. The third-order valence-electron chi connectivity index (χ3n) is 3.10. The van der Waals surface area contributed by atoms with Crippen LogP contribution in [0.1, 0.15) is 20.3 Å². The average molecular weight is 299 g/mol. The number of rotatable bonds is 3. The van der Waals surface area contributed by atoms with Gasteiger partial charge in [-0.25, -0.2) is 0 Å². The number of hydrogen-bond acceptors (Lipinski definition) is 3.